The zero-order chi connectivity index (χ0) is 24.6. The van der Waals surface area contributed by atoms with Crippen molar-refractivity contribution in [2.75, 3.05) is 68.4 Å². The lowest BCUT2D eigenvalue weighted by Gasteiger charge is -2.36. The van der Waals surface area contributed by atoms with Crippen LogP contribution >= 0.6 is 11.8 Å². The fourth-order valence-corrected chi connectivity index (χ4v) is 4.41. The van der Waals surface area contributed by atoms with Gasteiger partial charge in [0.1, 0.15) is 23.1 Å². The van der Waals surface area contributed by atoms with E-state index in [1.165, 1.54) is 11.8 Å². The second kappa shape index (κ2) is 11.7. The number of hydrogen-bond acceptors (Lipinski definition) is 9. The van der Waals surface area contributed by atoms with Crippen LogP contribution in [0, 0.1) is 0 Å². The van der Waals surface area contributed by atoms with Crippen LogP contribution < -0.4 is 29.3 Å². The minimum Gasteiger partial charge on any atom is -0.497 e. The first-order valence-electron chi connectivity index (χ1n) is 11.2. The second-order valence-electron chi connectivity index (χ2n) is 7.81. The Labute approximate surface area is 209 Å². The van der Waals surface area contributed by atoms with Crippen LogP contribution in [0.15, 0.2) is 59.9 Å². The van der Waals surface area contributed by atoms with Gasteiger partial charge in [-0.3, -0.25) is 4.79 Å². The Morgan fingerprint density at radius 1 is 0.914 bits per heavy atom. The molecule has 0 bridgehead atoms. The van der Waals surface area contributed by atoms with E-state index in [1.807, 2.05) is 18.2 Å². The lowest BCUT2D eigenvalue weighted by Crippen LogP contribution is -2.46. The minimum absolute atomic E-state index is 0.161. The van der Waals surface area contributed by atoms with Gasteiger partial charge in [0.2, 0.25) is 5.91 Å². The summed E-state index contributed by atoms with van der Waals surface area (Å²) in [7, 11) is 4.82. The SMILES string of the molecule is COc1cc(NC(=O)CSc2nccc(N3CCN(c4cccc(OC)c4)CC3)n2)cc(OC)c1. The average molecular weight is 496 g/mol. The molecule has 1 N–H and O–H groups in total. The van der Waals surface area contributed by atoms with Gasteiger partial charge in [-0.2, -0.15) is 0 Å². The highest BCUT2D eigenvalue weighted by molar-refractivity contribution is 7.99. The second-order valence-corrected chi connectivity index (χ2v) is 8.75. The number of ether oxygens (including phenoxy) is 3. The number of carbonyl (C=O) groups is 1. The molecule has 2 aromatic carbocycles. The molecule has 184 valence electrons. The third-order valence-corrected chi connectivity index (χ3v) is 6.47. The highest BCUT2D eigenvalue weighted by Crippen LogP contribution is 2.27. The quantitative estimate of drug-likeness (QED) is 0.354. The summed E-state index contributed by atoms with van der Waals surface area (Å²) in [6, 6.07) is 15.3. The number of aromatic nitrogens is 2. The predicted octanol–water partition coefficient (Wildman–Crippen LogP) is 3.56. The molecule has 35 heavy (non-hydrogen) atoms. The third kappa shape index (κ3) is 6.48. The monoisotopic (exact) mass is 495 g/mol. The molecule has 1 aromatic heterocycles. The number of benzene rings is 2. The Bertz CT molecular complexity index is 1130. The van der Waals surface area contributed by atoms with Crippen LogP contribution in [0.2, 0.25) is 0 Å². The molecule has 1 amide bonds. The summed E-state index contributed by atoms with van der Waals surface area (Å²) in [6.45, 7) is 3.45. The molecule has 0 radical (unpaired) electrons. The number of hydrogen-bond donors (Lipinski definition) is 1. The first-order chi connectivity index (χ1) is 17.1. The van der Waals surface area contributed by atoms with Gasteiger partial charge in [-0.1, -0.05) is 17.8 Å². The van der Waals surface area contributed by atoms with E-state index in [0.29, 0.717) is 22.3 Å². The Kier molecular flexibility index (Phi) is 8.15. The van der Waals surface area contributed by atoms with Crippen LogP contribution in [-0.2, 0) is 4.79 Å². The normalized spacial score (nSPS) is 13.3. The molecule has 1 saturated heterocycles. The zero-order valence-electron chi connectivity index (χ0n) is 20.1. The van der Waals surface area contributed by atoms with E-state index < -0.39 is 0 Å². The van der Waals surface area contributed by atoms with E-state index in [2.05, 4.69) is 37.2 Å². The minimum atomic E-state index is -0.161. The Balaban J connectivity index is 1.31. The Hall–Kier alpha value is -3.66. The van der Waals surface area contributed by atoms with Gasteiger partial charge < -0.3 is 29.3 Å². The average Bonchev–Trinajstić information content (AvgIpc) is 2.92. The van der Waals surface area contributed by atoms with Crippen LogP contribution in [0.1, 0.15) is 0 Å². The van der Waals surface area contributed by atoms with E-state index in [0.717, 1.165) is 43.4 Å². The number of rotatable bonds is 9. The van der Waals surface area contributed by atoms with Crippen molar-refractivity contribution < 1.29 is 19.0 Å². The molecule has 4 rings (SSSR count). The number of thioether (sulfide) groups is 1. The number of anilines is 3. The van der Waals surface area contributed by atoms with Crippen LogP contribution in [-0.4, -0.2) is 69.1 Å². The van der Waals surface area contributed by atoms with E-state index in [4.69, 9.17) is 14.2 Å². The highest BCUT2D eigenvalue weighted by atomic mass is 32.2. The molecular weight excluding hydrogens is 466 g/mol. The smallest absolute Gasteiger partial charge is 0.234 e. The number of piperazine rings is 1. The van der Waals surface area contributed by atoms with Gasteiger partial charge in [-0.15, -0.1) is 0 Å². The standard InChI is InChI=1S/C25H29N5O4S/c1-32-20-6-4-5-19(15-20)29-9-11-30(12-10-29)23-7-8-26-25(28-23)35-17-24(31)27-18-13-21(33-2)16-22(14-18)34-3/h4-8,13-16H,9-12,17H2,1-3H3,(H,27,31). The van der Waals surface area contributed by atoms with Crippen LogP contribution in [0.25, 0.3) is 0 Å². The lowest BCUT2D eigenvalue weighted by molar-refractivity contribution is -0.113. The number of nitrogens with one attached hydrogen (secondary N) is 1. The van der Waals surface area contributed by atoms with Crippen molar-refractivity contribution in [2.45, 2.75) is 5.16 Å². The first kappa shape index (κ1) is 24.5. The molecule has 0 atom stereocenters. The summed E-state index contributed by atoms with van der Waals surface area (Å²) >= 11 is 1.30. The summed E-state index contributed by atoms with van der Waals surface area (Å²) < 4.78 is 15.8. The van der Waals surface area contributed by atoms with Crippen LogP contribution in [0.3, 0.4) is 0 Å². The van der Waals surface area contributed by atoms with Crippen molar-refractivity contribution in [3.05, 3.63) is 54.7 Å². The number of nitrogens with zero attached hydrogens (tertiary/aromatic N) is 4. The maximum atomic E-state index is 12.5. The van der Waals surface area contributed by atoms with Gasteiger partial charge in [0, 0.05) is 68.0 Å². The summed E-state index contributed by atoms with van der Waals surface area (Å²) in [4.78, 5) is 26.1. The van der Waals surface area contributed by atoms with Crippen LogP contribution in [0.5, 0.6) is 17.2 Å². The molecule has 0 saturated carbocycles. The van der Waals surface area contributed by atoms with E-state index in [9.17, 15) is 4.79 Å². The Morgan fingerprint density at radius 2 is 1.60 bits per heavy atom. The molecule has 1 fully saturated rings. The molecule has 9 nitrogen and oxygen atoms in total. The lowest BCUT2D eigenvalue weighted by atomic mass is 10.2. The van der Waals surface area contributed by atoms with E-state index in [1.54, 1.807) is 45.7 Å². The third-order valence-electron chi connectivity index (χ3n) is 5.61. The topological polar surface area (TPSA) is 89.1 Å². The fourth-order valence-electron chi connectivity index (χ4n) is 3.79. The molecule has 3 aromatic rings. The molecule has 0 spiro atoms. The van der Waals surface area contributed by atoms with E-state index in [-0.39, 0.29) is 11.7 Å². The summed E-state index contributed by atoms with van der Waals surface area (Å²) in [5, 5.41) is 3.43. The van der Waals surface area contributed by atoms with Gasteiger partial charge in [0.25, 0.3) is 0 Å². The van der Waals surface area contributed by atoms with E-state index >= 15 is 0 Å². The van der Waals surface area contributed by atoms with Gasteiger partial charge >= 0.3 is 0 Å². The molecule has 0 unspecified atom stereocenters. The zero-order valence-corrected chi connectivity index (χ0v) is 20.9. The maximum absolute atomic E-state index is 12.5. The van der Waals surface area contributed by atoms with Crippen molar-refractivity contribution in [3.8, 4) is 17.2 Å². The van der Waals surface area contributed by atoms with Gasteiger partial charge in [-0.25, -0.2) is 9.97 Å². The molecule has 10 heteroatoms. The maximum Gasteiger partial charge on any atom is 0.234 e. The number of carbonyl (C=O) groups excluding carboxylic acids is 1. The number of amides is 1. The summed E-state index contributed by atoms with van der Waals surface area (Å²) in [6.07, 6.45) is 1.74. The molecule has 1 aliphatic rings. The number of methoxy groups -OCH3 is 3. The predicted molar refractivity (Wildman–Crippen MR) is 138 cm³/mol. The molecular formula is C25H29N5O4S. The van der Waals surface area contributed by atoms with Gasteiger partial charge in [0.05, 0.1) is 27.1 Å². The van der Waals surface area contributed by atoms with Crippen molar-refractivity contribution in [1.82, 2.24) is 9.97 Å². The van der Waals surface area contributed by atoms with Crippen molar-refractivity contribution in [2.24, 2.45) is 0 Å². The highest BCUT2D eigenvalue weighted by Gasteiger charge is 2.19. The summed E-state index contributed by atoms with van der Waals surface area (Å²) in [5.74, 6) is 2.96. The van der Waals surface area contributed by atoms with Gasteiger partial charge in [0.15, 0.2) is 5.16 Å². The van der Waals surface area contributed by atoms with Crippen molar-refractivity contribution in [3.63, 3.8) is 0 Å². The van der Waals surface area contributed by atoms with Gasteiger partial charge in [-0.05, 0) is 18.2 Å². The Morgan fingerprint density at radius 3 is 2.29 bits per heavy atom. The molecule has 1 aliphatic heterocycles. The van der Waals surface area contributed by atoms with Crippen molar-refractivity contribution in [1.29, 1.82) is 0 Å². The van der Waals surface area contributed by atoms with Crippen LogP contribution in [0.4, 0.5) is 17.2 Å². The molecule has 0 aliphatic carbocycles. The van der Waals surface area contributed by atoms with Crippen molar-refractivity contribution >= 4 is 34.9 Å². The largest absolute Gasteiger partial charge is 0.497 e. The fraction of sp³-hybridized carbons (Fsp3) is 0.320. The molecule has 2 heterocycles. The first-order valence-corrected chi connectivity index (χ1v) is 12.2. The summed E-state index contributed by atoms with van der Waals surface area (Å²) in [5.41, 5.74) is 1.76.